The first-order valence-electron chi connectivity index (χ1n) is 12.7. The Kier molecular flexibility index (Phi) is 8.52. The summed E-state index contributed by atoms with van der Waals surface area (Å²) >= 11 is 0. The lowest BCUT2D eigenvalue weighted by Gasteiger charge is -2.15. The summed E-state index contributed by atoms with van der Waals surface area (Å²) in [6, 6.07) is 7.87. The smallest absolute Gasteiger partial charge is 0.435 e. The van der Waals surface area contributed by atoms with Crippen LogP contribution in [0.3, 0.4) is 0 Å². The molecule has 2 N–H and O–H groups in total. The number of anilines is 2. The molecule has 0 unspecified atom stereocenters. The highest BCUT2D eigenvalue weighted by molar-refractivity contribution is 7.90. The molecule has 42 heavy (non-hydrogen) atoms. The predicted molar refractivity (Wildman–Crippen MR) is 149 cm³/mol. The van der Waals surface area contributed by atoms with Gasteiger partial charge in [0.05, 0.1) is 12.9 Å². The normalized spacial score (nSPS) is 11.8. The molecule has 4 aromatic rings. The van der Waals surface area contributed by atoms with Crippen LogP contribution in [0.1, 0.15) is 46.2 Å². The minimum atomic E-state index is -4.71. The van der Waals surface area contributed by atoms with E-state index in [0.29, 0.717) is 5.69 Å². The van der Waals surface area contributed by atoms with E-state index in [1.54, 1.807) is 6.92 Å². The lowest BCUT2D eigenvalue weighted by atomic mass is 10.1. The number of halogens is 3. The molecule has 0 saturated carbocycles. The molecule has 3 aromatic heterocycles. The van der Waals surface area contributed by atoms with Gasteiger partial charge in [-0.05, 0) is 62.6 Å². The Morgan fingerprint density at radius 2 is 1.71 bits per heavy atom. The lowest BCUT2D eigenvalue weighted by Crippen LogP contribution is -2.32. The average Bonchev–Trinajstić information content (AvgIpc) is 3.29. The van der Waals surface area contributed by atoms with Crippen LogP contribution in [-0.4, -0.2) is 51.9 Å². The molecule has 0 fully saturated rings. The zero-order valence-corrected chi connectivity index (χ0v) is 24.2. The number of benzene rings is 1. The largest absolute Gasteiger partial charge is 0.480 e. The third kappa shape index (κ3) is 6.84. The maximum atomic E-state index is 13.5. The van der Waals surface area contributed by atoms with Crippen LogP contribution in [0.15, 0.2) is 42.7 Å². The van der Waals surface area contributed by atoms with Crippen molar-refractivity contribution >= 4 is 27.6 Å². The Hall–Kier alpha value is -4.53. The van der Waals surface area contributed by atoms with E-state index in [2.05, 4.69) is 25.4 Å². The maximum absolute atomic E-state index is 13.5. The van der Waals surface area contributed by atoms with Gasteiger partial charge >= 0.3 is 6.18 Å². The summed E-state index contributed by atoms with van der Waals surface area (Å²) in [4.78, 5) is 25.9. The number of nitrogens with one attached hydrogen (secondary N) is 2. The summed E-state index contributed by atoms with van der Waals surface area (Å²) in [5, 5.41) is 6.81. The Labute approximate surface area is 240 Å². The van der Waals surface area contributed by atoms with Gasteiger partial charge in [0.2, 0.25) is 21.9 Å². The number of carbonyl (C=O) groups excluding carboxylic acids is 1. The Bertz CT molecular complexity index is 1730. The van der Waals surface area contributed by atoms with E-state index in [4.69, 9.17) is 4.74 Å². The van der Waals surface area contributed by atoms with Gasteiger partial charge in [0.15, 0.2) is 11.5 Å². The van der Waals surface area contributed by atoms with Gasteiger partial charge in [-0.2, -0.15) is 23.3 Å². The first-order chi connectivity index (χ1) is 19.7. The van der Waals surface area contributed by atoms with Crippen molar-refractivity contribution in [2.75, 3.05) is 18.2 Å². The van der Waals surface area contributed by atoms with Crippen LogP contribution in [0.4, 0.5) is 24.8 Å². The molecule has 3 heterocycles. The molecular formula is C27H28F3N7O4S. The van der Waals surface area contributed by atoms with Crippen LogP contribution in [-0.2, 0) is 16.2 Å². The number of pyridine rings is 1. The van der Waals surface area contributed by atoms with Crippen LogP contribution >= 0.6 is 0 Å². The van der Waals surface area contributed by atoms with Crippen molar-refractivity contribution in [1.82, 2.24) is 29.5 Å². The number of aryl methyl sites for hydroxylation is 3. The summed E-state index contributed by atoms with van der Waals surface area (Å²) in [5.74, 6) is -1.39. The van der Waals surface area contributed by atoms with Crippen LogP contribution < -0.4 is 14.8 Å². The van der Waals surface area contributed by atoms with Crippen molar-refractivity contribution in [2.45, 2.75) is 40.3 Å². The van der Waals surface area contributed by atoms with Crippen LogP contribution in [0, 0.1) is 20.8 Å². The molecule has 0 aliphatic carbocycles. The van der Waals surface area contributed by atoms with E-state index in [1.807, 2.05) is 36.8 Å². The number of nitrogens with zero attached hydrogens (tertiary/aromatic N) is 5. The zero-order chi connectivity index (χ0) is 30.8. The highest BCUT2D eigenvalue weighted by Crippen LogP contribution is 2.33. The molecule has 0 atom stereocenters. The number of alkyl halides is 3. The van der Waals surface area contributed by atoms with Gasteiger partial charge in [0, 0.05) is 34.9 Å². The SMILES string of the molecule is CCCS(=O)(=O)NC(=O)c1cc(-c2cnc(Nc3cc(C)cc(C)c3)nc2-n2nc(C(F)(F)F)cc2C)cnc1OC. The van der Waals surface area contributed by atoms with Gasteiger partial charge in [0.25, 0.3) is 5.91 Å². The molecule has 222 valence electrons. The first kappa shape index (κ1) is 30.4. The first-order valence-corrected chi connectivity index (χ1v) is 14.3. The van der Waals surface area contributed by atoms with Crippen molar-refractivity contribution in [1.29, 1.82) is 0 Å². The van der Waals surface area contributed by atoms with E-state index in [9.17, 15) is 26.4 Å². The summed E-state index contributed by atoms with van der Waals surface area (Å²) in [6.07, 6.45) is -1.77. The molecule has 1 aromatic carbocycles. The molecule has 4 rings (SSSR count). The molecule has 0 aliphatic rings. The number of methoxy groups -OCH3 is 1. The molecule has 0 bridgehead atoms. The van der Waals surface area contributed by atoms with E-state index >= 15 is 0 Å². The summed E-state index contributed by atoms with van der Waals surface area (Å²) in [7, 11) is -2.67. The van der Waals surface area contributed by atoms with Crippen LogP contribution in [0.25, 0.3) is 16.9 Å². The topological polar surface area (TPSA) is 141 Å². The fraction of sp³-hybridized carbons (Fsp3) is 0.296. The van der Waals surface area contributed by atoms with Crippen molar-refractivity contribution < 1.29 is 31.1 Å². The predicted octanol–water partition coefficient (Wildman–Crippen LogP) is 4.89. The number of ether oxygens (including phenoxy) is 1. The lowest BCUT2D eigenvalue weighted by molar-refractivity contribution is -0.141. The molecular weight excluding hydrogens is 575 g/mol. The standard InChI is InChI=1S/C27H28F3N7O4S/c1-6-7-42(39,40)36-24(38)20-12-18(13-31-25(20)41-5)21-14-32-26(33-19-9-15(2)8-16(3)10-19)34-23(21)37-17(4)11-22(35-37)27(28,29)30/h8-14H,6-7H2,1-5H3,(H,36,38)(H,32,33,34). The molecule has 11 nitrogen and oxygen atoms in total. The third-order valence-corrected chi connectivity index (χ3v) is 7.39. The Morgan fingerprint density at radius 3 is 2.31 bits per heavy atom. The number of hydrogen-bond acceptors (Lipinski definition) is 9. The number of amides is 1. The molecule has 1 amide bonds. The van der Waals surface area contributed by atoms with E-state index in [-0.39, 0.29) is 52.2 Å². The average molecular weight is 604 g/mol. The zero-order valence-electron chi connectivity index (χ0n) is 23.4. The second kappa shape index (κ2) is 11.8. The van der Waals surface area contributed by atoms with Gasteiger partial charge in [-0.1, -0.05) is 13.0 Å². The van der Waals surface area contributed by atoms with Crippen molar-refractivity contribution in [3.05, 3.63) is 70.8 Å². The molecule has 0 spiro atoms. The summed E-state index contributed by atoms with van der Waals surface area (Å²) in [6.45, 7) is 6.91. The minimum absolute atomic E-state index is 0.0400. The van der Waals surface area contributed by atoms with Gasteiger partial charge in [-0.3, -0.25) is 4.79 Å². The minimum Gasteiger partial charge on any atom is -0.480 e. The van der Waals surface area contributed by atoms with Crippen molar-refractivity contribution in [3.63, 3.8) is 0 Å². The molecule has 15 heteroatoms. The van der Waals surface area contributed by atoms with E-state index in [0.717, 1.165) is 21.9 Å². The third-order valence-electron chi connectivity index (χ3n) is 5.95. The second-order valence-corrected chi connectivity index (χ2v) is 11.4. The van der Waals surface area contributed by atoms with Gasteiger partial charge < -0.3 is 10.1 Å². The van der Waals surface area contributed by atoms with Gasteiger partial charge in [-0.15, -0.1) is 0 Å². The van der Waals surface area contributed by atoms with Gasteiger partial charge in [0.1, 0.15) is 5.56 Å². The van der Waals surface area contributed by atoms with E-state index < -0.39 is 27.8 Å². The summed E-state index contributed by atoms with van der Waals surface area (Å²) < 4.78 is 73.2. The van der Waals surface area contributed by atoms with E-state index in [1.165, 1.54) is 32.5 Å². The monoisotopic (exact) mass is 603 g/mol. The van der Waals surface area contributed by atoms with Crippen molar-refractivity contribution in [3.8, 4) is 22.8 Å². The van der Waals surface area contributed by atoms with Crippen LogP contribution in [0.5, 0.6) is 5.88 Å². The highest BCUT2D eigenvalue weighted by atomic mass is 32.2. The quantitative estimate of drug-likeness (QED) is 0.274. The number of hydrogen-bond donors (Lipinski definition) is 2. The highest BCUT2D eigenvalue weighted by Gasteiger charge is 2.35. The fourth-order valence-corrected chi connectivity index (χ4v) is 5.27. The Balaban J connectivity index is 1.87. The number of sulfonamides is 1. The van der Waals surface area contributed by atoms with Crippen LogP contribution in [0.2, 0.25) is 0 Å². The number of aromatic nitrogens is 5. The summed E-state index contributed by atoms with van der Waals surface area (Å²) in [5.41, 5.74) is 1.77. The maximum Gasteiger partial charge on any atom is 0.435 e. The molecule has 0 saturated heterocycles. The molecule has 0 radical (unpaired) electrons. The van der Waals surface area contributed by atoms with Crippen molar-refractivity contribution in [2.24, 2.45) is 0 Å². The number of rotatable bonds is 9. The second-order valence-electron chi connectivity index (χ2n) is 9.54. The fourth-order valence-electron chi connectivity index (χ4n) is 4.24. The number of carbonyl (C=O) groups is 1. The van der Waals surface area contributed by atoms with Gasteiger partial charge in [-0.25, -0.2) is 27.8 Å². The Morgan fingerprint density at radius 1 is 1.02 bits per heavy atom. The molecule has 0 aliphatic heterocycles.